The van der Waals surface area contributed by atoms with E-state index in [4.69, 9.17) is 5.73 Å². The highest BCUT2D eigenvalue weighted by Crippen LogP contribution is 2.36. The van der Waals surface area contributed by atoms with Crippen LogP contribution in [0.3, 0.4) is 0 Å². The molecule has 2 rings (SSSR count). The van der Waals surface area contributed by atoms with E-state index in [0.29, 0.717) is 12.1 Å². The maximum absolute atomic E-state index is 13.3. The van der Waals surface area contributed by atoms with Gasteiger partial charge >= 0.3 is 6.18 Å². The third kappa shape index (κ3) is 4.78. The first-order valence-corrected chi connectivity index (χ1v) is 7.83. The summed E-state index contributed by atoms with van der Waals surface area (Å²) in [6.07, 6.45) is -3.98. The van der Waals surface area contributed by atoms with Gasteiger partial charge in [0, 0.05) is 24.4 Å². The second-order valence-corrected chi connectivity index (χ2v) is 5.39. The molecule has 0 spiro atoms. The van der Waals surface area contributed by atoms with E-state index in [1.165, 1.54) is 25.2 Å². The van der Waals surface area contributed by atoms with Gasteiger partial charge in [-0.1, -0.05) is 25.1 Å². The molecule has 0 radical (unpaired) electrons. The van der Waals surface area contributed by atoms with E-state index in [-0.39, 0.29) is 29.0 Å². The zero-order valence-corrected chi connectivity index (χ0v) is 14.6. The normalized spacial score (nSPS) is 13.0. The Morgan fingerprint density at radius 1 is 1.23 bits per heavy atom. The molecule has 0 unspecified atom stereocenters. The molecule has 138 valence electrons. The van der Waals surface area contributed by atoms with Gasteiger partial charge in [-0.3, -0.25) is 4.99 Å². The van der Waals surface area contributed by atoms with Gasteiger partial charge in [0.05, 0.1) is 11.4 Å². The molecule has 0 saturated heterocycles. The lowest BCUT2D eigenvalue weighted by Crippen LogP contribution is -2.17. The smallest absolute Gasteiger partial charge is 0.387 e. The van der Waals surface area contributed by atoms with Gasteiger partial charge in [0.25, 0.3) is 0 Å². The molecule has 9 heteroatoms. The number of aryl methyl sites for hydroxylation is 1. The van der Waals surface area contributed by atoms with Crippen molar-refractivity contribution in [2.24, 2.45) is 15.7 Å². The van der Waals surface area contributed by atoms with Gasteiger partial charge in [-0.15, -0.1) is 0 Å². The minimum atomic E-state index is -4.51. The molecular weight excluding hydrogens is 345 g/mol. The van der Waals surface area contributed by atoms with Crippen LogP contribution < -0.4 is 11.1 Å². The van der Waals surface area contributed by atoms with Gasteiger partial charge in [-0.05, 0) is 19.4 Å². The number of halogens is 3. The summed E-state index contributed by atoms with van der Waals surface area (Å²) in [6, 6.07) is 6.83. The van der Waals surface area contributed by atoms with Crippen molar-refractivity contribution in [3.8, 4) is 11.4 Å². The van der Waals surface area contributed by atoms with Gasteiger partial charge in [0.2, 0.25) is 5.96 Å². The van der Waals surface area contributed by atoms with E-state index in [9.17, 15) is 13.2 Å². The molecule has 0 fully saturated rings. The quantitative estimate of drug-likeness (QED) is 0.644. The Kier molecular flexibility index (Phi) is 5.91. The summed E-state index contributed by atoms with van der Waals surface area (Å²) < 4.78 is 39.9. The van der Waals surface area contributed by atoms with Gasteiger partial charge in [0.1, 0.15) is 5.82 Å². The van der Waals surface area contributed by atoms with Crippen molar-refractivity contribution in [1.29, 1.82) is 0 Å². The summed E-state index contributed by atoms with van der Waals surface area (Å²) in [7, 11) is 1.51. The van der Waals surface area contributed by atoms with Crippen molar-refractivity contribution in [2.75, 3.05) is 12.4 Å². The van der Waals surface area contributed by atoms with Crippen LogP contribution in [0.2, 0.25) is 0 Å². The molecule has 0 aliphatic rings. The Labute approximate surface area is 149 Å². The Hall–Kier alpha value is -2.97. The predicted octanol–water partition coefficient (Wildman–Crippen LogP) is 3.50. The van der Waals surface area contributed by atoms with Gasteiger partial charge in [-0.25, -0.2) is 15.0 Å². The van der Waals surface area contributed by atoms with Gasteiger partial charge < -0.3 is 11.1 Å². The lowest BCUT2D eigenvalue weighted by molar-refractivity contribution is -0.137. The summed E-state index contributed by atoms with van der Waals surface area (Å²) in [6.45, 7) is 3.44. The highest BCUT2D eigenvalue weighted by molar-refractivity contribution is 6.01. The van der Waals surface area contributed by atoms with Crippen LogP contribution in [0.25, 0.3) is 11.4 Å². The topological polar surface area (TPSA) is 88.5 Å². The van der Waals surface area contributed by atoms with Crippen LogP contribution in [0.15, 0.2) is 40.3 Å². The maximum Gasteiger partial charge on any atom is 0.417 e. The molecule has 2 aromatic rings. The average molecular weight is 364 g/mol. The summed E-state index contributed by atoms with van der Waals surface area (Å²) in [5.74, 6) is 0.740. The van der Waals surface area contributed by atoms with Crippen LogP contribution in [0.4, 0.5) is 19.0 Å². The SMILES string of the molecule is CCc1cc(NC(N=C(C)N)=NC)nc(-c2ccccc2C(F)(F)F)n1. The third-order valence-electron chi connectivity index (χ3n) is 3.35. The monoisotopic (exact) mass is 364 g/mol. The Morgan fingerprint density at radius 2 is 1.92 bits per heavy atom. The maximum atomic E-state index is 13.3. The van der Waals surface area contributed by atoms with Crippen molar-refractivity contribution in [3.05, 3.63) is 41.6 Å². The molecule has 0 saturated carbocycles. The minimum absolute atomic E-state index is 0.0244. The molecule has 3 N–H and O–H groups in total. The van der Waals surface area contributed by atoms with Crippen molar-refractivity contribution in [2.45, 2.75) is 26.4 Å². The molecule has 1 aromatic carbocycles. The summed E-state index contributed by atoms with van der Waals surface area (Å²) in [5.41, 5.74) is 5.24. The Balaban J connectivity index is 2.54. The van der Waals surface area contributed by atoms with Gasteiger partial charge in [-0.2, -0.15) is 13.2 Å². The highest BCUT2D eigenvalue weighted by Gasteiger charge is 2.34. The number of hydrogen-bond donors (Lipinski definition) is 2. The number of alkyl halides is 3. The molecule has 6 nitrogen and oxygen atoms in total. The van der Waals surface area contributed by atoms with Crippen LogP contribution in [0.5, 0.6) is 0 Å². The Bertz CT molecular complexity index is 839. The number of amidine groups is 1. The van der Waals surface area contributed by atoms with E-state index < -0.39 is 11.7 Å². The first kappa shape index (κ1) is 19.4. The Morgan fingerprint density at radius 3 is 2.50 bits per heavy atom. The second kappa shape index (κ2) is 7.94. The van der Waals surface area contributed by atoms with Crippen LogP contribution in [-0.2, 0) is 12.6 Å². The molecule has 0 amide bonds. The number of anilines is 1. The van der Waals surface area contributed by atoms with Crippen molar-refractivity contribution in [3.63, 3.8) is 0 Å². The first-order chi connectivity index (χ1) is 12.2. The van der Waals surface area contributed by atoms with Crippen molar-refractivity contribution >= 4 is 17.6 Å². The van der Waals surface area contributed by atoms with Gasteiger partial charge in [0.15, 0.2) is 5.82 Å². The number of aliphatic imine (C=N–C) groups is 2. The lowest BCUT2D eigenvalue weighted by Gasteiger charge is -2.13. The molecule has 1 heterocycles. The molecule has 0 atom stereocenters. The van der Waals surface area contributed by atoms with Crippen LogP contribution in [-0.4, -0.2) is 28.8 Å². The average Bonchev–Trinajstić information content (AvgIpc) is 2.59. The van der Waals surface area contributed by atoms with Crippen LogP contribution in [0, 0.1) is 0 Å². The summed E-state index contributed by atoms with van der Waals surface area (Å²) >= 11 is 0. The third-order valence-corrected chi connectivity index (χ3v) is 3.35. The predicted molar refractivity (Wildman–Crippen MR) is 96.1 cm³/mol. The standard InChI is InChI=1S/C17H19F3N6/c1-4-11-9-14(26-16(22-3)23-10(2)21)25-15(24-11)12-7-5-6-8-13(12)17(18,19)20/h5-9H,4H2,1-3H3,(H3,21,22,23,24,25,26). The molecule has 0 aliphatic heterocycles. The molecule has 26 heavy (non-hydrogen) atoms. The van der Waals surface area contributed by atoms with Crippen LogP contribution in [0.1, 0.15) is 25.1 Å². The van der Waals surface area contributed by atoms with E-state index in [2.05, 4.69) is 25.3 Å². The highest BCUT2D eigenvalue weighted by atomic mass is 19.4. The first-order valence-electron chi connectivity index (χ1n) is 7.83. The number of hydrogen-bond acceptors (Lipinski definition) is 3. The largest absolute Gasteiger partial charge is 0.417 e. The number of nitrogens with two attached hydrogens (primary N) is 1. The molecule has 0 aliphatic carbocycles. The number of nitrogens with zero attached hydrogens (tertiary/aromatic N) is 4. The van der Waals surface area contributed by atoms with Crippen LogP contribution >= 0.6 is 0 Å². The molecule has 0 bridgehead atoms. The second-order valence-electron chi connectivity index (χ2n) is 5.39. The molecule has 1 aromatic heterocycles. The number of aromatic nitrogens is 2. The number of guanidine groups is 1. The lowest BCUT2D eigenvalue weighted by atomic mass is 10.1. The number of rotatable bonds is 3. The fraction of sp³-hybridized carbons (Fsp3) is 0.294. The number of nitrogens with one attached hydrogen (secondary N) is 1. The number of benzene rings is 1. The zero-order valence-electron chi connectivity index (χ0n) is 14.6. The van der Waals surface area contributed by atoms with E-state index in [1.54, 1.807) is 13.0 Å². The summed E-state index contributed by atoms with van der Waals surface area (Å²) in [4.78, 5) is 16.4. The zero-order chi connectivity index (χ0) is 19.3. The van der Waals surface area contributed by atoms with Crippen molar-refractivity contribution in [1.82, 2.24) is 9.97 Å². The minimum Gasteiger partial charge on any atom is -0.387 e. The molecular formula is C17H19F3N6. The fourth-order valence-corrected chi connectivity index (χ4v) is 2.20. The fourth-order valence-electron chi connectivity index (χ4n) is 2.20. The van der Waals surface area contributed by atoms with Crippen molar-refractivity contribution < 1.29 is 13.2 Å². The van der Waals surface area contributed by atoms with E-state index in [0.717, 1.165) is 6.07 Å². The van der Waals surface area contributed by atoms with E-state index in [1.807, 2.05) is 6.92 Å². The summed E-state index contributed by atoms with van der Waals surface area (Å²) in [5, 5.41) is 2.85. The van der Waals surface area contributed by atoms with E-state index >= 15 is 0 Å².